The van der Waals surface area contributed by atoms with Crippen molar-refractivity contribution in [3.8, 4) is 0 Å². The second kappa shape index (κ2) is 10.3. The molecule has 0 aromatic carbocycles. The minimum absolute atomic E-state index is 0. The fourth-order valence-electron chi connectivity index (χ4n) is 1.68. The van der Waals surface area contributed by atoms with Gasteiger partial charge in [-0.1, -0.05) is 39.5 Å². The Kier molecular flexibility index (Phi) is 12.6. The number of hydrogen-bond acceptors (Lipinski definition) is 4. The summed E-state index contributed by atoms with van der Waals surface area (Å²) >= 11 is 0. The molecule has 0 aliphatic carbocycles. The van der Waals surface area contributed by atoms with E-state index in [0.717, 1.165) is 25.7 Å². The standard InChI is InChI=1S/C11H24O4S.K/c1-3-5-7-9-11(12,16(13,14)15)10-8-6-4-2;/h12H,3-10H2,1-2H3,(H,13,14,15);/q;+1/p-1. The molecule has 17 heavy (non-hydrogen) atoms. The van der Waals surface area contributed by atoms with E-state index in [-0.39, 0.29) is 64.2 Å². The van der Waals surface area contributed by atoms with Gasteiger partial charge in [-0.15, -0.1) is 0 Å². The molecular formula is C11H23KO4S. The van der Waals surface area contributed by atoms with Crippen molar-refractivity contribution in [2.24, 2.45) is 0 Å². The van der Waals surface area contributed by atoms with E-state index in [4.69, 9.17) is 0 Å². The molecule has 0 aliphatic heterocycles. The van der Waals surface area contributed by atoms with Crippen molar-refractivity contribution in [3.05, 3.63) is 0 Å². The Bertz CT molecular complexity index is 267. The van der Waals surface area contributed by atoms with Gasteiger partial charge in [0, 0.05) is 0 Å². The zero-order valence-corrected chi connectivity index (χ0v) is 15.2. The van der Waals surface area contributed by atoms with Crippen LogP contribution in [-0.2, 0) is 10.1 Å². The Balaban J connectivity index is 0. The van der Waals surface area contributed by atoms with E-state index in [1.807, 2.05) is 13.8 Å². The van der Waals surface area contributed by atoms with E-state index in [2.05, 4.69) is 0 Å². The quantitative estimate of drug-likeness (QED) is 0.349. The predicted molar refractivity (Wildman–Crippen MR) is 62.9 cm³/mol. The molecule has 0 bridgehead atoms. The zero-order valence-electron chi connectivity index (χ0n) is 11.2. The maximum atomic E-state index is 11.0. The third-order valence-corrected chi connectivity index (χ3v) is 4.15. The van der Waals surface area contributed by atoms with Gasteiger partial charge in [-0.25, -0.2) is 8.42 Å². The van der Waals surface area contributed by atoms with Gasteiger partial charge in [0.1, 0.15) is 10.1 Å². The molecule has 0 aromatic heterocycles. The van der Waals surface area contributed by atoms with E-state index in [1.54, 1.807) is 0 Å². The molecule has 0 fully saturated rings. The molecule has 1 N–H and O–H groups in total. The number of hydrogen-bond donors (Lipinski definition) is 1. The van der Waals surface area contributed by atoms with Crippen molar-refractivity contribution in [2.75, 3.05) is 0 Å². The summed E-state index contributed by atoms with van der Waals surface area (Å²) in [6.07, 6.45) is 4.85. The topological polar surface area (TPSA) is 77.4 Å². The summed E-state index contributed by atoms with van der Waals surface area (Å²) in [5.41, 5.74) is 0. The van der Waals surface area contributed by atoms with Gasteiger partial charge in [-0.2, -0.15) is 0 Å². The van der Waals surface area contributed by atoms with Crippen LogP contribution in [0.15, 0.2) is 0 Å². The van der Waals surface area contributed by atoms with Crippen molar-refractivity contribution in [1.82, 2.24) is 0 Å². The summed E-state index contributed by atoms with van der Waals surface area (Å²) in [7, 11) is -4.62. The fourth-order valence-corrected chi connectivity index (χ4v) is 2.47. The van der Waals surface area contributed by atoms with Crippen LogP contribution in [0.2, 0.25) is 0 Å². The van der Waals surface area contributed by atoms with E-state index >= 15 is 0 Å². The van der Waals surface area contributed by atoms with Crippen LogP contribution in [0.5, 0.6) is 0 Å². The largest absolute Gasteiger partial charge is 1.00 e. The van der Waals surface area contributed by atoms with Gasteiger partial charge in [0.2, 0.25) is 0 Å². The van der Waals surface area contributed by atoms with Crippen LogP contribution >= 0.6 is 0 Å². The van der Waals surface area contributed by atoms with E-state index in [9.17, 15) is 18.1 Å². The SMILES string of the molecule is CCCCCC(O)(CCCCC)S(=O)(=O)[O-].[K+]. The molecular weight excluding hydrogens is 267 g/mol. The average Bonchev–Trinajstić information content (AvgIpc) is 2.17. The summed E-state index contributed by atoms with van der Waals surface area (Å²) in [5, 5.41) is 9.90. The van der Waals surface area contributed by atoms with Crippen molar-refractivity contribution < 1.29 is 69.5 Å². The van der Waals surface area contributed by atoms with Crippen LogP contribution in [0.3, 0.4) is 0 Å². The Labute approximate surface area is 148 Å². The summed E-state index contributed by atoms with van der Waals surface area (Å²) < 4.78 is 33.1. The first kappa shape index (κ1) is 20.8. The van der Waals surface area contributed by atoms with Crippen LogP contribution in [0.25, 0.3) is 0 Å². The van der Waals surface area contributed by atoms with E-state index in [0.29, 0.717) is 12.8 Å². The molecule has 0 saturated heterocycles. The number of rotatable bonds is 9. The Morgan fingerprint density at radius 3 is 1.59 bits per heavy atom. The second-order valence-electron chi connectivity index (χ2n) is 4.31. The van der Waals surface area contributed by atoms with Gasteiger partial charge in [0.15, 0.2) is 4.93 Å². The number of aliphatic hydroxyl groups is 1. The maximum Gasteiger partial charge on any atom is 1.00 e. The van der Waals surface area contributed by atoms with Crippen molar-refractivity contribution >= 4 is 10.1 Å². The summed E-state index contributed by atoms with van der Waals surface area (Å²) in [5.74, 6) is 0. The Morgan fingerprint density at radius 2 is 1.35 bits per heavy atom. The van der Waals surface area contributed by atoms with Crippen LogP contribution in [0.1, 0.15) is 65.2 Å². The monoisotopic (exact) mass is 290 g/mol. The molecule has 6 heteroatoms. The van der Waals surface area contributed by atoms with Gasteiger partial charge in [-0.3, -0.25) is 0 Å². The molecule has 0 aromatic rings. The zero-order chi connectivity index (χ0) is 12.7. The van der Waals surface area contributed by atoms with Crippen LogP contribution in [-0.4, -0.2) is 23.0 Å². The minimum atomic E-state index is -4.62. The normalized spacial score (nSPS) is 12.2. The summed E-state index contributed by atoms with van der Waals surface area (Å²) in [6.45, 7) is 3.98. The van der Waals surface area contributed by atoms with E-state index in [1.165, 1.54) is 0 Å². The first-order valence-corrected chi connectivity index (χ1v) is 7.46. The van der Waals surface area contributed by atoms with Crippen LogP contribution in [0.4, 0.5) is 0 Å². The number of unbranched alkanes of at least 4 members (excludes halogenated alkanes) is 4. The smallest absolute Gasteiger partial charge is 0.746 e. The maximum absolute atomic E-state index is 11.0. The molecule has 0 spiro atoms. The minimum Gasteiger partial charge on any atom is -0.746 e. The average molecular weight is 290 g/mol. The molecule has 0 unspecified atom stereocenters. The molecule has 0 atom stereocenters. The first-order chi connectivity index (χ1) is 7.37. The van der Waals surface area contributed by atoms with Crippen molar-refractivity contribution in [1.29, 1.82) is 0 Å². The third kappa shape index (κ3) is 8.31. The van der Waals surface area contributed by atoms with Gasteiger partial charge < -0.3 is 9.66 Å². The van der Waals surface area contributed by atoms with Crippen LogP contribution < -0.4 is 51.4 Å². The van der Waals surface area contributed by atoms with E-state index < -0.39 is 15.1 Å². The van der Waals surface area contributed by atoms with Crippen molar-refractivity contribution in [2.45, 2.75) is 70.1 Å². The predicted octanol–water partition coefficient (Wildman–Crippen LogP) is -0.615. The molecule has 0 radical (unpaired) electrons. The molecule has 0 aliphatic rings. The van der Waals surface area contributed by atoms with Gasteiger partial charge in [-0.05, 0) is 25.7 Å². The first-order valence-electron chi connectivity index (χ1n) is 6.05. The molecule has 98 valence electrons. The molecule has 0 rings (SSSR count). The van der Waals surface area contributed by atoms with Crippen molar-refractivity contribution in [3.63, 3.8) is 0 Å². The molecule has 0 heterocycles. The molecule has 0 saturated carbocycles. The summed E-state index contributed by atoms with van der Waals surface area (Å²) in [6, 6.07) is 0. The Hall–Kier alpha value is 1.51. The van der Waals surface area contributed by atoms with Gasteiger partial charge in [0.25, 0.3) is 0 Å². The fraction of sp³-hybridized carbons (Fsp3) is 1.00. The van der Waals surface area contributed by atoms with Crippen LogP contribution in [0, 0.1) is 0 Å². The molecule has 0 amide bonds. The van der Waals surface area contributed by atoms with Gasteiger partial charge in [0.05, 0.1) is 0 Å². The molecule has 4 nitrogen and oxygen atoms in total. The summed E-state index contributed by atoms with van der Waals surface area (Å²) in [4.78, 5) is -2.04. The van der Waals surface area contributed by atoms with Gasteiger partial charge >= 0.3 is 51.4 Å². The third-order valence-electron chi connectivity index (χ3n) is 2.81. The second-order valence-corrected chi connectivity index (χ2v) is 5.98. The Morgan fingerprint density at radius 1 is 1.00 bits per heavy atom.